The van der Waals surface area contributed by atoms with Gasteiger partial charge in [-0.1, -0.05) is 24.3 Å². The molecule has 0 spiro atoms. The van der Waals surface area contributed by atoms with Gasteiger partial charge in [-0.05, 0) is 24.5 Å². The van der Waals surface area contributed by atoms with Crippen LogP contribution in [0.15, 0.2) is 24.3 Å². The van der Waals surface area contributed by atoms with Gasteiger partial charge in [0, 0.05) is 7.11 Å². The van der Waals surface area contributed by atoms with Gasteiger partial charge in [-0.25, -0.2) is 0 Å². The van der Waals surface area contributed by atoms with Gasteiger partial charge in [0.1, 0.15) is 0 Å². The van der Waals surface area contributed by atoms with Crippen molar-refractivity contribution in [1.82, 2.24) is 0 Å². The summed E-state index contributed by atoms with van der Waals surface area (Å²) < 4.78 is 5.16. The van der Waals surface area contributed by atoms with Crippen LogP contribution in [0, 0.1) is 0 Å². The minimum absolute atomic E-state index is 0.0786. The predicted molar refractivity (Wildman–Crippen MR) is 58.0 cm³/mol. The number of methoxy groups -OCH3 is 1. The highest BCUT2D eigenvalue weighted by Gasteiger charge is 2.04. The lowest BCUT2D eigenvalue weighted by Crippen LogP contribution is -2.09. The standard InChI is InChI=1S/C12H16O3/c1-9(15-2)6-10-4-3-5-11(7-10)8-12(13)14/h3-5,7,9H,6,8H2,1-2H3,(H,13,14). The highest BCUT2D eigenvalue weighted by molar-refractivity contribution is 5.70. The van der Waals surface area contributed by atoms with Gasteiger partial charge >= 0.3 is 5.97 Å². The first-order valence-electron chi connectivity index (χ1n) is 4.94. The summed E-state index contributed by atoms with van der Waals surface area (Å²) in [6.07, 6.45) is 1.05. The summed E-state index contributed by atoms with van der Waals surface area (Å²) >= 11 is 0. The Balaban J connectivity index is 2.69. The minimum atomic E-state index is -0.799. The lowest BCUT2D eigenvalue weighted by Gasteiger charge is -2.09. The van der Waals surface area contributed by atoms with Crippen LogP contribution in [0.25, 0.3) is 0 Å². The maximum atomic E-state index is 10.5. The van der Waals surface area contributed by atoms with E-state index >= 15 is 0 Å². The lowest BCUT2D eigenvalue weighted by molar-refractivity contribution is -0.136. The molecule has 82 valence electrons. The number of carboxylic acid groups (broad SMARTS) is 1. The van der Waals surface area contributed by atoms with Crippen LogP contribution in [0.3, 0.4) is 0 Å². The zero-order valence-corrected chi connectivity index (χ0v) is 9.06. The van der Waals surface area contributed by atoms with E-state index in [4.69, 9.17) is 9.84 Å². The van der Waals surface area contributed by atoms with E-state index in [1.165, 1.54) is 0 Å². The van der Waals surface area contributed by atoms with Crippen LogP contribution >= 0.6 is 0 Å². The largest absolute Gasteiger partial charge is 0.481 e. The third-order valence-electron chi connectivity index (χ3n) is 2.27. The molecule has 0 fully saturated rings. The maximum Gasteiger partial charge on any atom is 0.307 e. The molecule has 1 unspecified atom stereocenters. The number of benzene rings is 1. The van der Waals surface area contributed by atoms with Crippen molar-refractivity contribution in [3.8, 4) is 0 Å². The molecule has 0 saturated carbocycles. The molecule has 0 heterocycles. The fraction of sp³-hybridized carbons (Fsp3) is 0.417. The van der Waals surface area contributed by atoms with Crippen molar-refractivity contribution in [2.45, 2.75) is 25.9 Å². The SMILES string of the molecule is COC(C)Cc1cccc(CC(=O)O)c1. The molecule has 0 aliphatic rings. The first-order chi connectivity index (χ1) is 7.11. The molecule has 1 N–H and O–H groups in total. The van der Waals surface area contributed by atoms with E-state index in [0.717, 1.165) is 17.5 Å². The molecular weight excluding hydrogens is 192 g/mol. The van der Waals surface area contributed by atoms with Crippen LogP contribution < -0.4 is 0 Å². The van der Waals surface area contributed by atoms with Gasteiger partial charge in [-0.3, -0.25) is 4.79 Å². The lowest BCUT2D eigenvalue weighted by atomic mass is 10.0. The van der Waals surface area contributed by atoms with Crippen LogP contribution in [-0.2, 0) is 22.4 Å². The number of carbonyl (C=O) groups is 1. The van der Waals surface area contributed by atoms with E-state index in [2.05, 4.69) is 0 Å². The van der Waals surface area contributed by atoms with Crippen LogP contribution in [-0.4, -0.2) is 24.3 Å². The summed E-state index contributed by atoms with van der Waals surface area (Å²) in [6, 6.07) is 7.62. The van der Waals surface area contributed by atoms with Crippen LogP contribution in [0.5, 0.6) is 0 Å². The summed E-state index contributed by atoms with van der Waals surface area (Å²) in [4.78, 5) is 10.5. The van der Waals surface area contributed by atoms with Crippen molar-refractivity contribution in [2.24, 2.45) is 0 Å². The molecule has 3 heteroatoms. The Morgan fingerprint density at radius 3 is 2.73 bits per heavy atom. The normalized spacial score (nSPS) is 12.4. The number of rotatable bonds is 5. The van der Waals surface area contributed by atoms with Gasteiger partial charge < -0.3 is 9.84 Å². The van der Waals surface area contributed by atoms with E-state index in [1.54, 1.807) is 7.11 Å². The average molecular weight is 208 g/mol. The Kier molecular flexibility index (Phi) is 4.31. The van der Waals surface area contributed by atoms with Crippen molar-refractivity contribution < 1.29 is 14.6 Å². The third kappa shape index (κ3) is 4.13. The smallest absolute Gasteiger partial charge is 0.307 e. The Bertz CT molecular complexity index is 333. The number of hydrogen-bond acceptors (Lipinski definition) is 2. The van der Waals surface area contributed by atoms with Crippen LogP contribution in [0.2, 0.25) is 0 Å². The molecule has 0 radical (unpaired) electrons. The van der Waals surface area contributed by atoms with Gasteiger partial charge in [-0.2, -0.15) is 0 Å². The molecule has 1 aromatic carbocycles. The van der Waals surface area contributed by atoms with Crippen LogP contribution in [0.4, 0.5) is 0 Å². The second-order valence-corrected chi connectivity index (χ2v) is 3.64. The summed E-state index contributed by atoms with van der Waals surface area (Å²) in [7, 11) is 1.67. The quantitative estimate of drug-likeness (QED) is 0.803. The summed E-state index contributed by atoms with van der Waals surface area (Å²) in [6.45, 7) is 1.99. The van der Waals surface area contributed by atoms with Crippen molar-refractivity contribution in [3.63, 3.8) is 0 Å². The highest BCUT2D eigenvalue weighted by atomic mass is 16.5. The van der Waals surface area contributed by atoms with E-state index in [-0.39, 0.29) is 12.5 Å². The Morgan fingerprint density at radius 2 is 2.13 bits per heavy atom. The van der Waals surface area contributed by atoms with Crippen molar-refractivity contribution in [2.75, 3.05) is 7.11 Å². The first-order valence-corrected chi connectivity index (χ1v) is 4.94. The van der Waals surface area contributed by atoms with Crippen molar-refractivity contribution in [3.05, 3.63) is 35.4 Å². The summed E-state index contributed by atoms with van der Waals surface area (Å²) in [5.41, 5.74) is 1.95. The van der Waals surface area contributed by atoms with Crippen molar-refractivity contribution in [1.29, 1.82) is 0 Å². The number of ether oxygens (including phenoxy) is 1. The van der Waals surface area contributed by atoms with E-state index in [1.807, 2.05) is 31.2 Å². The molecule has 0 bridgehead atoms. The maximum absolute atomic E-state index is 10.5. The molecule has 0 aromatic heterocycles. The zero-order valence-electron chi connectivity index (χ0n) is 9.06. The molecule has 1 atom stereocenters. The fourth-order valence-corrected chi connectivity index (χ4v) is 1.46. The second kappa shape index (κ2) is 5.51. The number of carboxylic acids is 1. The number of hydrogen-bond donors (Lipinski definition) is 1. The van der Waals surface area contributed by atoms with Gasteiger partial charge in [0.05, 0.1) is 12.5 Å². The Morgan fingerprint density at radius 1 is 1.47 bits per heavy atom. The molecule has 0 aliphatic heterocycles. The van der Waals surface area contributed by atoms with Crippen molar-refractivity contribution >= 4 is 5.97 Å². The first kappa shape index (κ1) is 11.7. The van der Waals surface area contributed by atoms with E-state index < -0.39 is 5.97 Å². The topological polar surface area (TPSA) is 46.5 Å². The fourth-order valence-electron chi connectivity index (χ4n) is 1.46. The molecule has 0 amide bonds. The summed E-state index contributed by atoms with van der Waals surface area (Å²) in [5.74, 6) is -0.799. The molecule has 15 heavy (non-hydrogen) atoms. The predicted octanol–water partition coefficient (Wildman–Crippen LogP) is 1.89. The minimum Gasteiger partial charge on any atom is -0.481 e. The zero-order chi connectivity index (χ0) is 11.3. The second-order valence-electron chi connectivity index (χ2n) is 3.64. The van der Waals surface area contributed by atoms with Gasteiger partial charge in [0.2, 0.25) is 0 Å². The number of aliphatic carboxylic acids is 1. The monoisotopic (exact) mass is 208 g/mol. The van der Waals surface area contributed by atoms with Gasteiger partial charge in [0.15, 0.2) is 0 Å². The van der Waals surface area contributed by atoms with Gasteiger partial charge in [-0.15, -0.1) is 0 Å². The molecule has 0 aliphatic carbocycles. The Labute approximate surface area is 89.7 Å². The molecule has 1 rings (SSSR count). The summed E-state index contributed by atoms with van der Waals surface area (Å²) in [5, 5.41) is 8.66. The molecule has 0 saturated heterocycles. The van der Waals surface area contributed by atoms with E-state index in [9.17, 15) is 4.79 Å². The van der Waals surface area contributed by atoms with Gasteiger partial charge in [0.25, 0.3) is 0 Å². The third-order valence-corrected chi connectivity index (χ3v) is 2.27. The Hall–Kier alpha value is -1.35. The highest BCUT2D eigenvalue weighted by Crippen LogP contribution is 2.09. The average Bonchev–Trinajstić information content (AvgIpc) is 2.17. The molecule has 3 nitrogen and oxygen atoms in total. The molecular formula is C12H16O3. The van der Waals surface area contributed by atoms with Crippen LogP contribution in [0.1, 0.15) is 18.1 Å². The van der Waals surface area contributed by atoms with E-state index in [0.29, 0.717) is 0 Å². The molecule has 1 aromatic rings.